The molecule has 3 heteroatoms. The van der Waals surface area contributed by atoms with Crippen LogP contribution < -0.4 is 0 Å². The van der Waals surface area contributed by atoms with Gasteiger partial charge in [-0.15, -0.1) is 0 Å². The molecular weight excluding hydrogens is 204 g/mol. The van der Waals surface area contributed by atoms with Crippen molar-refractivity contribution in [2.24, 2.45) is 11.8 Å². The number of rotatable bonds is 10. The van der Waals surface area contributed by atoms with Gasteiger partial charge in [-0.2, -0.15) is 0 Å². The van der Waals surface area contributed by atoms with Crippen LogP contribution in [0.5, 0.6) is 0 Å². The zero-order chi connectivity index (χ0) is 12.4. The average Bonchev–Trinajstić information content (AvgIpc) is 2.16. The molecule has 0 aliphatic rings. The number of aliphatic hydroxyl groups is 1. The Morgan fingerprint density at radius 3 is 1.56 bits per heavy atom. The normalized spacial score (nSPS) is 12.0. The van der Waals surface area contributed by atoms with Gasteiger partial charge in [-0.05, 0) is 24.7 Å². The highest BCUT2D eigenvalue weighted by Crippen LogP contribution is 2.07. The highest BCUT2D eigenvalue weighted by Gasteiger charge is 2.09. The van der Waals surface area contributed by atoms with E-state index in [1.807, 2.05) is 0 Å². The molecule has 0 aromatic carbocycles. The van der Waals surface area contributed by atoms with Crippen molar-refractivity contribution in [3.05, 3.63) is 0 Å². The Morgan fingerprint density at radius 2 is 1.25 bits per heavy atom. The summed E-state index contributed by atoms with van der Waals surface area (Å²) in [5.41, 5.74) is 0. The van der Waals surface area contributed by atoms with Gasteiger partial charge < -0.3 is 14.6 Å². The molecule has 0 radical (unpaired) electrons. The van der Waals surface area contributed by atoms with E-state index in [4.69, 9.17) is 14.6 Å². The fourth-order valence-electron chi connectivity index (χ4n) is 1.19. The van der Waals surface area contributed by atoms with E-state index in [1.54, 1.807) is 0 Å². The third kappa shape index (κ3) is 10.4. The summed E-state index contributed by atoms with van der Waals surface area (Å²) in [6.07, 6.45) is 2.41. The van der Waals surface area contributed by atoms with Crippen molar-refractivity contribution in [1.29, 1.82) is 0 Å². The molecule has 0 bridgehead atoms. The summed E-state index contributed by atoms with van der Waals surface area (Å²) in [4.78, 5) is 0. The average molecular weight is 232 g/mol. The van der Waals surface area contributed by atoms with Crippen LogP contribution in [0, 0.1) is 11.8 Å². The largest absolute Gasteiger partial charge is 0.396 e. The van der Waals surface area contributed by atoms with E-state index >= 15 is 0 Å². The Bertz CT molecular complexity index is 132. The number of hydrogen-bond acceptors (Lipinski definition) is 3. The van der Waals surface area contributed by atoms with Crippen LogP contribution in [0.3, 0.4) is 0 Å². The number of aliphatic hydroxyl groups excluding tert-OH is 1. The van der Waals surface area contributed by atoms with Gasteiger partial charge >= 0.3 is 0 Å². The van der Waals surface area contributed by atoms with Crippen molar-refractivity contribution in [3.63, 3.8) is 0 Å². The van der Waals surface area contributed by atoms with Gasteiger partial charge in [-0.1, -0.05) is 27.7 Å². The summed E-state index contributed by atoms with van der Waals surface area (Å²) in [6.45, 7) is 10.2. The maximum absolute atomic E-state index is 8.89. The molecule has 0 spiro atoms. The van der Waals surface area contributed by atoms with Crippen LogP contribution >= 0.6 is 0 Å². The van der Waals surface area contributed by atoms with Gasteiger partial charge in [0.05, 0.1) is 0 Å². The lowest BCUT2D eigenvalue weighted by Gasteiger charge is -2.19. The Hall–Kier alpha value is -0.120. The van der Waals surface area contributed by atoms with E-state index in [9.17, 15) is 0 Å². The number of hydrogen-bond donors (Lipinski definition) is 1. The molecule has 1 N–H and O–H groups in total. The molecule has 0 aliphatic carbocycles. The predicted molar refractivity (Wildman–Crippen MR) is 66.3 cm³/mol. The maximum Gasteiger partial charge on any atom is 0.159 e. The lowest BCUT2D eigenvalue weighted by Crippen LogP contribution is -2.21. The second kappa shape index (κ2) is 10.1. The molecule has 0 aromatic heterocycles. The summed E-state index contributed by atoms with van der Waals surface area (Å²) in [7, 11) is 0. The van der Waals surface area contributed by atoms with Crippen LogP contribution in [-0.4, -0.2) is 31.2 Å². The summed E-state index contributed by atoms with van der Waals surface area (Å²) < 4.78 is 11.2. The van der Waals surface area contributed by atoms with Crippen molar-refractivity contribution >= 4 is 0 Å². The van der Waals surface area contributed by atoms with Crippen LogP contribution in [0.25, 0.3) is 0 Å². The molecule has 16 heavy (non-hydrogen) atoms. The molecule has 0 unspecified atom stereocenters. The summed E-state index contributed by atoms with van der Waals surface area (Å²) >= 11 is 0. The minimum absolute atomic E-state index is 0.119. The van der Waals surface area contributed by atoms with Crippen LogP contribution in [-0.2, 0) is 9.47 Å². The van der Waals surface area contributed by atoms with Crippen molar-refractivity contribution < 1.29 is 14.6 Å². The Balaban J connectivity index is 3.61. The zero-order valence-corrected chi connectivity index (χ0v) is 11.2. The first-order valence-corrected chi connectivity index (χ1v) is 6.40. The second-order valence-corrected chi connectivity index (χ2v) is 5.05. The second-order valence-electron chi connectivity index (χ2n) is 5.05. The number of ether oxygens (including phenoxy) is 2. The topological polar surface area (TPSA) is 38.7 Å². The van der Waals surface area contributed by atoms with Gasteiger partial charge in [0.25, 0.3) is 0 Å². The predicted octanol–water partition coefficient (Wildman–Crippen LogP) is 2.82. The van der Waals surface area contributed by atoms with Gasteiger partial charge in [-0.3, -0.25) is 0 Å². The molecule has 98 valence electrons. The minimum Gasteiger partial charge on any atom is -0.396 e. The maximum atomic E-state index is 8.89. The summed E-state index contributed by atoms with van der Waals surface area (Å²) in [5, 5.41) is 8.89. The standard InChI is InChI=1S/C13H28O3/c1-11(2)6-9-15-13(5-8-14)16-10-7-12(3)4/h11-14H,5-10H2,1-4H3. The molecule has 0 saturated carbocycles. The molecule has 0 aromatic rings. The van der Waals surface area contributed by atoms with E-state index in [0.717, 1.165) is 12.8 Å². The Morgan fingerprint density at radius 1 is 0.812 bits per heavy atom. The molecule has 0 atom stereocenters. The first-order chi connectivity index (χ1) is 7.56. The SMILES string of the molecule is CC(C)CCOC(CCO)OCCC(C)C. The quantitative estimate of drug-likeness (QED) is 0.589. The fourth-order valence-corrected chi connectivity index (χ4v) is 1.19. The minimum atomic E-state index is -0.234. The van der Waals surface area contributed by atoms with Gasteiger partial charge in [-0.25, -0.2) is 0 Å². The van der Waals surface area contributed by atoms with Crippen LogP contribution in [0.2, 0.25) is 0 Å². The first-order valence-electron chi connectivity index (χ1n) is 6.40. The molecule has 0 rings (SSSR count). The first kappa shape index (κ1) is 15.9. The van der Waals surface area contributed by atoms with E-state index in [2.05, 4.69) is 27.7 Å². The molecule has 0 heterocycles. The van der Waals surface area contributed by atoms with Gasteiger partial charge in [0.2, 0.25) is 0 Å². The fraction of sp³-hybridized carbons (Fsp3) is 1.00. The van der Waals surface area contributed by atoms with Gasteiger partial charge in [0.15, 0.2) is 6.29 Å². The monoisotopic (exact) mass is 232 g/mol. The molecular formula is C13H28O3. The van der Waals surface area contributed by atoms with E-state index in [-0.39, 0.29) is 12.9 Å². The van der Waals surface area contributed by atoms with Gasteiger partial charge in [0, 0.05) is 26.2 Å². The Labute approximate surface area is 100 Å². The van der Waals surface area contributed by atoms with Crippen molar-refractivity contribution in [2.45, 2.75) is 53.2 Å². The third-order valence-corrected chi connectivity index (χ3v) is 2.36. The third-order valence-electron chi connectivity index (χ3n) is 2.36. The molecule has 0 fully saturated rings. The molecule has 0 amide bonds. The van der Waals surface area contributed by atoms with E-state index < -0.39 is 0 Å². The highest BCUT2D eigenvalue weighted by atomic mass is 16.7. The lowest BCUT2D eigenvalue weighted by atomic mass is 10.1. The summed E-state index contributed by atoms with van der Waals surface area (Å²) in [5.74, 6) is 1.29. The van der Waals surface area contributed by atoms with Crippen molar-refractivity contribution in [2.75, 3.05) is 19.8 Å². The van der Waals surface area contributed by atoms with Crippen LogP contribution in [0.1, 0.15) is 47.0 Å². The van der Waals surface area contributed by atoms with Crippen molar-refractivity contribution in [1.82, 2.24) is 0 Å². The molecule has 0 saturated heterocycles. The van der Waals surface area contributed by atoms with Crippen LogP contribution in [0.4, 0.5) is 0 Å². The highest BCUT2D eigenvalue weighted by molar-refractivity contribution is 4.49. The lowest BCUT2D eigenvalue weighted by molar-refractivity contribution is -0.153. The summed E-state index contributed by atoms with van der Waals surface area (Å²) in [6, 6.07) is 0. The van der Waals surface area contributed by atoms with Gasteiger partial charge in [0.1, 0.15) is 0 Å². The molecule has 0 aliphatic heterocycles. The Kier molecular flexibility index (Phi) is 9.99. The van der Waals surface area contributed by atoms with E-state index in [0.29, 0.717) is 31.5 Å². The zero-order valence-electron chi connectivity index (χ0n) is 11.2. The molecule has 3 nitrogen and oxygen atoms in total. The van der Waals surface area contributed by atoms with E-state index in [1.165, 1.54) is 0 Å². The van der Waals surface area contributed by atoms with Crippen molar-refractivity contribution in [3.8, 4) is 0 Å². The van der Waals surface area contributed by atoms with Crippen LogP contribution in [0.15, 0.2) is 0 Å². The smallest absolute Gasteiger partial charge is 0.159 e.